The molecule has 0 spiro atoms. The number of nitrogens with zero attached hydrogens (tertiary/aromatic N) is 2. The first kappa shape index (κ1) is 36.4. The van der Waals surface area contributed by atoms with Gasteiger partial charge in [0, 0.05) is 46.8 Å². The summed E-state index contributed by atoms with van der Waals surface area (Å²) in [4.78, 5) is 62.0. The van der Waals surface area contributed by atoms with Crippen molar-refractivity contribution in [2.24, 2.45) is 9.98 Å². The average Bonchev–Trinajstić information content (AvgIpc) is 3.60. The minimum absolute atomic E-state index is 0.0282. The number of rotatable bonds is 7. The molecule has 0 radical (unpaired) electrons. The number of aliphatic hydroxyl groups excluding tert-OH is 4. The van der Waals surface area contributed by atoms with Crippen molar-refractivity contribution >= 4 is 47.0 Å². The third-order valence-corrected chi connectivity index (χ3v) is 10.3. The summed E-state index contributed by atoms with van der Waals surface area (Å²) in [6.45, 7) is -0.625. The number of benzene rings is 3. The normalized spacial score (nSPS) is 27.8. The standard InChI is InChI=1S/C38H35N5O12/c39-38-41-35-27(36(51)42-38)40-16-43(35)24-8-4-3-5-19(24)18-10-12-52-15-25-30(48)31(49)32(50)37(54-25)55-33-22(18)13-23-26(34(33)53-14-17(45)9-11-44)29(47)21-7-2-1-6-20(21)28(23)46/h1-8,11,13,17-18,25,30-32,37,45,48-50H,9-10,12,14-16H2,(H2,39,42,51)/p+1. The fraction of sp³-hybridized carbons (Fsp3) is 0.342. The molecule has 0 saturated carbocycles. The minimum atomic E-state index is -1.82. The highest BCUT2D eigenvalue weighted by atomic mass is 16.7. The highest BCUT2D eigenvalue weighted by molar-refractivity contribution is 6.68. The van der Waals surface area contributed by atoms with Gasteiger partial charge >= 0.3 is 0 Å². The Kier molecular flexibility index (Phi) is 9.68. The lowest BCUT2D eigenvalue weighted by Gasteiger charge is -2.40. The number of aliphatic imine (C=N–C) groups is 2. The van der Waals surface area contributed by atoms with E-state index < -0.39 is 66.8 Å². The maximum absolute atomic E-state index is 14.3. The molecular formula is C38H36N5O12+. The third kappa shape index (κ3) is 6.34. The van der Waals surface area contributed by atoms with Crippen LogP contribution in [-0.4, -0.2) is 125 Å². The SMILES string of the molecule is N=C1N=C2C(=NC[NH+]2c2ccccc2C2CCOCC3OC(Oc4c2cc2c(c4OCC(O)CC=O)C(=O)c4ccccc4C2=O)C(O)C(O)C3O)C(=O)N1. The predicted octanol–water partition coefficient (Wildman–Crippen LogP) is -1.08. The number of amidine groups is 1. The average molecular weight is 755 g/mol. The molecule has 1 aliphatic carbocycles. The molecule has 8 atom stereocenters. The van der Waals surface area contributed by atoms with Crippen molar-refractivity contribution in [1.82, 2.24) is 5.32 Å². The Labute approximate surface area is 312 Å². The zero-order chi connectivity index (χ0) is 38.5. The number of hydrogen-bond donors (Lipinski definition) is 7. The summed E-state index contributed by atoms with van der Waals surface area (Å²) >= 11 is 0. The van der Waals surface area contributed by atoms with Gasteiger partial charge in [0.25, 0.3) is 11.7 Å². The van der Waals surface area contributed by atoms with E-state index >= 15 is 0 Å². The van der Waals surface area contributed by atoms with Crippen LogP contribution in [0, 0.1) is 5.41 Å². The molecule has 5 aliphatic rings. The van der Waals surface area contributed by atoms with Crippen molar-refractivity contribution in [3.8, 4) is 11.5 Å². The number of para-hydroxylation sites is 1. The van der Waals surface area contributed by atoms with Crippen LogP contribution in [0.3, 0.4) is 0 Å². The first-order chi connectivity index (χ1) is 26.6. The molecule has 7 N–H and O–H groups in total. The van der Waals surface area contributed by atoms with Crippen molar-refractivity contribution in [3.63, 3.8) is 0 Å². The predicted molar refractivity (Wildman–Crippen MR) is 189 cm³/mol. The Hall–Kier alpha value is -5.53. The Balaban J connectivity index is 1.37. The fourth-order valence-electron chi connectivity index (χ4n) is 7.59. The molecule has 3 aromatic carbocycles. The number of carbonyl (C=O) groups excluding carboxylic acids is 4. The number of hydrogen-bond acceptors (Lipinski definition) is 14. The number of ketones is 2. The van der Waals surface area contributed by atoms with Crippen LogP contribution >= 0.6 is 0 Å². The molecule has 2 bridgehead atoms. The number of quaternary nitrogens is 1. The number of guanidine groups is 1. The fourth-order valence-corrected chi connectivity index (χ4v) is 7.59. The molecule has 1 amide bonds. The van der Waals surface area contributed by atoms with E-state index in [1.54, 1.807) is 30.3 Å². The van der Waals surface area contributed by atoms with E-state index in [4.69, 9.17) is 24.4 Å². The van der Waals surface area contributed by atoms with Gasteiger partial charge in [0.15, 0.2) is 29.7 Å². The van der Waals surface area contributed by atoms with Crippen LogP contribution in [0.1, 0.15) is 61.7 Å². The van der Waals surface area contributed by atoms with Gasteiger partial charge in [-0.1, -0.05) is 42.5 Å². The smallest absolute Gasteiger partial charge is 0.284 e. The van der Waals surface area contributed by atoms with Gasteiger partial charge < -0.3 is 44.2 Å². The maximum atomic E-state index is 14.3. The van der Waals surface area contributed by atoms with Crippen molar-refractivity contribution in [2.75, 3.05) is 26.5 Å². The molecule has 55 heavy (non-hydrogen) atoms. The van der Waals surface area contributed by atoms with Crippen LogP contribution < -0.4 is 19.7 Å². The first-order valence-electron chi connectivity index (χ1n) is 17.6. The molecule has 0 aromatic heterocycles. The van der Waals surface area contributed by atoms with Crippen LogP contribution in [0.15, 0.2) is 64.6 Å². The van der Waals surface area contributed by atoms with Crippen LogP contribution in [0.2, 0.25) is 0 Å². The van der Waals surface area contributed by atoms with Gasteiger partial charge in [-0.25, -0.2) is 9.89 Å². The van der Waals surface area contributed by atoms with Gasteiger partial charge in [-0.15, -0.1) is 0 Å². The lowest BCUT2D eigenvalue weighted by molar-refractivity contribution is -0.723. The summed E-state index contributed by atoms with van der Waals surface area (Å²) in [5.41, 5.74) is 1.58. The molecule has 4 heterocycles. The molecule has 17 nitrogen and oxygen atoms in total. The van der Waals surface area contributed by atoms with Crippen molar-refractivity contribution in [3.05, 3.63) is 88.0 Å². The largest absolute Gasteiger partial charge is 0.486 e. The third-order valence-electron chi connectivity index (χ3n) is 10.3. The van der Waals surface area contributed by atoms with E-state index in [2.05, 4.69) is 15.3 Å². The Morgan fingerprint density at radius 2 is 1.73 bits per heavy atom. The summed E-state index contributed by atoms with van der Waals surface area (Å²) in [6.07, 6.45) is -8.87. The maximum Gasteiger partial charge on any atom is 0.284 e. The molecule has 8 unspecified atom stereocenters. The molecule has 4 aliphatic heterocycles. The lowest BCUT2D eigenvalue weighted by atomic mass is 9.79. The van der Waals surface area contributed by atoms with Gasteiger partial charge in [-0.05, 0) is 18.6 Å². The zero-order valence-corrected chi connectivity index (χ0v) is 29.0. The summed E-state index contributed by atoms with van der Waals surface area (Å²) in [5, 5.41) is 53.9. The molecule has 3 aromatic rings. The van der Waals surface area contributed by atoms with Gasteiger partial charge in [-0.2, -0.15) is 4.99 Å². The Bertz CT molecular complexity index is 2190. The molecule has 1 saturated heterocycles. The van der Waals surface area contributed by atoms with Gasteiger partial charge in [-0.3, -0.25) is 25.1 Å². The number of ether oxygens (including phenoxy) is 4. The van der Waals surface area contributed by atoms with E-state index in [9.17, 15) is 39.6 Å². The number of carbonyl (C=O) groups is 4. The monoisotopic (exact) mass is 754 g/mol. The van der Waals surface area contributed by atoms with E-state index in [0.717, 1.165) is 0 Å². The second-order valence-electron chi connectivity index (χ2n) is 13.7. The minimum Gasteiger partial charge on any atom is -0.486 e. The Morgan fingerprint density at radius 1 is 0.982 bits per heavy atom. The number of nitrogens with one attached hydrogen (secondary N) is 3. The molecule has 284 valence electrons. The number of aliphatic hydroxyl groups is 4. The van der Waals surface area contributed by atoms with Gasteiger partial charge in [0.2, 0.25) is 18.0 Å². The van der Waals surface area contributed by atoms with Crippen LogP contribution in [0.5, 0.6) is 11.5 Å². The van der Waals surface area contributed by atoms with Crippen molar-refractivity contribution in [1.29, 1.82) is 5.41 Å². The number of aldehydes is 1. The zero-order valence-electron chi connectivity index (χ0n) is 29.0. The van der Waals surface area contributed by atoms with Gasteiger partial charge in [0.1, 0.15) is 43.0 Å². The van der Waals surface area contributed by atoms with Gasteiger partial charge in [0.05, 0.1) is 18.3 Å². The molecule has 1 fully saturated rings. The lowest BCUT2D eigenvalue weighted by Crippen LogP contribution is -3.09. The summed E-state index contributed by atoms with van der Waals surface area (Å²) in [6, 6.07) is 15.0. The highest BCUT2D eigenvalue weighted by Gasteiger charge is 2.48. The van der Waals surface area contributed by atoms with E-state index in [-0.39, 0.29) is 89.5 Å². The highest BCUT2D eigenvalue weighted by Crippen LogP contribution is 2.49. The Morgan fingerprint density at radius 3 is 2.51 bits per heavy atom. The van der Waals surface area contributed by atoms with Crippen molar-refractivity contribution in [2.45, 2.75) is 55.6 Å². The second-order valence-corrected chi connectivity index (χ2v) is 13.7. The van der Waals surface area contributed by atoms with Crippen LogP contribution in [0.25, 0.3) is 0 Å². The summed E-state index contributed by atoms with van der Waals surface area (Å²) in [7, 11) is 0. The van der Waals surface area contributed by atoms with Crippen LogP contribution in [-0.2, 0) is 19.1 Å². The van der Waals surface area contributed by atoms with Crippen molar-refractivity contribution < 1.29 is 63.5 Å². The molecule has 8 rings (SSSR count). The second kappa shape index (κ2) is 14.6. The molecular weight excluding hydrogens is 718 g/mol. The van der Waals surface area contributed by atoms with E-state index in [0.29, 0.717) is 22.4 Å². The number of amides is 1. The molecule has 17 heteroatoms. The summed E-state index contributed by atoms with van der Waals surface area (Å²) < 4.78 is 24.6. The van der Waals surface area contributed by atoms with E-state index in [1.165, 1.54) is 18.2 Å². The summed E-state index contributed by atoms with van der Waals surface area (Å²) in [5.74, 6) is -2.98. The topological polar surface area (TPSA) is 251 Å². The van der Waals surface area contributed by atoms with E-state index in [1.807, 2.05) is 6.07 Å². The quantitative estimate of drug-likeness (QED) is 0.111. The number of fused-ring (bicyclic) bond motifs is 6. The van der Waals surface area contributed by atoms with Crippen LogP contribution in [0.4, 0.5) is 5.69 Å². The first-order valence-corrected chi connectivity index (χ1v) is 17.6.